The van der Waals surface area contributed by atoms with Crippen LogP contribution in [0.3, 0.4) is 0 Å². The highest BCUT2D eigenvalue weighted by molar-refractivity contribution is 6.21. The summed E-state index contributed by atoms with van der Waals surface area (Å²) in [6, 6.07) is 6.73. The van der Waals surface area contributed by atoms with Crippen LogP contribution in [0.2, 0.25) is 0 Å². The molecule has 5 heteroatoms. The number of allylic oxidation sites excluding steroid dienone is 3. The van der Waals surface area contributed by atoms with Gasteiger partial charge in [-0.15, -0.1) is 0 Å². The van der Waals surface area contributed by atoms with E-state index in [4.69, 9.17) is 0 Å². The predicted molar refractivity (Wildman–Crippen MR) is 154 cm³/mol. The summed E-state index contributed by atoms with van der Waals surface area (Å²) in [7, 11) is 0. The van der Waals surface area contributed by atoms with Crippen molar-refractivity contribution in [3.8, 4) is 0 Å². The molecule has 3 aliphatic carbocycles. The number of benzene rings is 1. The van der Waals surface area contributed by atoms with Crippen LogP contribution >= 0.6 is 0 Å². The van der Waals surface area contributed by atoms with E-state index in [1.54, 1.807) is 29.8 Å². The Labute approximate surface area is 234 Å². The molecule has 0 radical (unpaired) electrons. The minimum Gasteiger partial charge on any atom is -0.393 e. The van der Waals surface area contributed by atoms with Crippen molar-refractivity contribution in [1.29, 1.82) is 0 Å². The van der Waals surface area contributed by atoms with Crippen LogP contribution in [0.1, 0.15) is 119 Å². The summed E-state index contributed by atoms with van der Waals surface area (Å²) in [6.45, 7) is 8.76. The fourth-order valence-corrected chi connectivity index (χ4v) is 8.54. The van der Waals surface area contributed by atoms with Crippen molar-refractivity contribution in [1.82, 2.24) is 4.90 Å². The molecule has 0 saturated heterocycles. The Morgan fingerprint density at radius 3 is 2.46 bits per heavy atom. The first kappa shape index (κ1) is 28.3. The van der Waals surface area contributed by atoms with E-state index in [-0.39, 0.29) is 17.9 Å². The summed E-state index contributed by atoms with van der Waals surface area (Å²) >= 11 is 0. The van der Waals surface area contributed by atoms with Gasteiger partial charge >= 0.3 is 0 Å². The molecule has 1 aliphatic heterocycles. The minimum absolute atomic E-state index is 0.232. The largest absolute Gasteiger partial charge is 0.393 e. The van der Waals surface area contributed by atoms with Crippen LogP contribution in [0, 0.1) is 23.2 Å². The fourth-order valence-electron chi connectivity index (χ4n) is 8.54. The number of nitrogens with zero attached hydrogens (tertiary/aromatic N) is 1. The molecule has 0 aromatic heterocycles. The molecule has 1 heterocycles. The monoisotopic (exact) mass is 533 g/mol. The van der Waals surface area contributed by atoms with Crippen molar-refractivity contribution >= 4 is 11.8 Å². The van der Waals surface area contributed by atoms with Gasteiger partial charge in [0, 0.05) is 6.04 Å². The molecule has 1 aromatic rings. The van der Waals surface area contributed by atoms with Gasteiger partial charge in [0.25, 0.3) is 11.8 Å². The molecule has 212 valence electrons. The lowest BCUT2D eigenvalue weighted by atomic mass is 9.60. The van der Waals surface area contributed by atoms with E-state index >= 15 is 0 Å². The van der Waals surface area contributed by atoms with Crippen LogP contribution in [-0.2, 0) is 0 Å². The molecular formula is C34H47NO4. The third kappa shape index (κ3) is 5.67. The molecule has 5 rings (SSSR count). The minimum atomic E-state index is -0.582. The molecule has 6 atom stereocenters. The molecule has 3 fully saturated rings. The van der Waals surface area contributed by atoms with Crippen molar-refractivity contribution < 1.29 is 19.8 Å². The first-order chi connectivity index (χ1) is 18.5. The highest BCUT2D eigenvalue weighted by Gasteiger charge is 2.50. The van der Waals surface area contributed by atoms with Crippen molar-refractivity contribution in [2.24, 2.45) is 23.2 Å². The van der Waals surface area contributed by atoms with E-state index in [2.05, 4.69) is 26.0 Å². The SMILES string of the molecule is C[C@H](CCCC(C)(C)O)[C@H]1CC[C@H]2/C(=C/C=C3/C[C@@H](O)C[C@H](N4C(=O)c5ccccc5C4=O)C3)CCC[C@]12C. The molecule has 3 saturated carbocycles. The smallest absolute Gasteiger partial charge is 0.261 e. The van der Waals surface area contributed by atoms with Crippen molar-refractivity contribution in [2.75, 3.05) is 0 Å². The average Bonchev–Trinajstić information content (AvgIpc) is 3.35. The van der Waals surface area contributed by atoms with Crippen molar-refractivity contribution in [3.05, 3.63) is 58.7 Å². The number of carbonyl (C=O) groups excluding carboxylic acids is 2. The van der Waals surface area contributed by atoms with Crippen LogP contribution < -0.4 is 0 Å². The summed E-state index contributed by atoms with van der Waals surface area (Å²) in [5, 5.41) is 20.9. The third-order valence-corrected chi connectivity index (χ3v) is 10.4. The number of rotatable bonds is 7. The molecule has 0 spiro atoms. The van der Waals surface area contributed by atoms with Crippen molar-refractivity contribution in [2.45, 2.75) is 116 Å². The van der Waals surface area contributed by atoms with E-state index in [1.165, 1.54) is 37.0 Å². The quantitative estimate of drug-likeness (QED) is 0.376. The molecule has 39 heavy (non-hydrogen) atoms. The van der Waals surface area contributed by atoms with E-state index in [0.717, 1.165) is 30.8 Å². The molecule has 4 aliphatic rings. The Hall–Kier alpha value is -2.24. The normalized spacial score (nSPS) is 34.1. The maximum Gasteiger partial charge on any atom is 0.261 e. The molecule has 1 aromatic carbocycles. The van der Waals surface area contributed by atoms with Gasteiger partial charge in [0.05, 0.1) is 22.8 Å². The fraction of sp³-hybridized carbons (Fsp3) is 0.647. The third-order valence-electron chi connectivity index (χ3n) is 10.4. The van der Waals surface area contributed by atoms with Gasteiger partial charge in [-0.1, -0.05) is 62.1 Å². The summed E-state index contributed by atoms with van der Waals surface area (Å²) in [4.78, 5) is 27.5. The number of aliphatic hydroxyl groups is 2. The zero-order valence-corrected chi connectivity index (χ0v) is 24.3. The van der Waals surface area contributed by atoms with E-state index in [9.17, 15) is 19.8 Å². The standard InChI is InChI=1S/C34H47NO4/c1-22(9-7-17-33(2,3)39)29-15-16-30-24(10-8-18-34(29,30)4)14-13-23-19-25(21-26(36)20-23)35-31(37)27-11-5-6-12-28(27)32(35)38/h5-6,11-14,22,25-26,29-30,36,39H,7-10,15-21H2,1-4H3/b23-13+,24-14+/t22-,25-,26-,29-,30+,34-/m1/s1. The van der Waals surface area contributed by atoms with Gasteiger partial charge in [0.15, 0.2) is 0 Å². The van der Waals surface area contributed by atoms with Gasteiger partial charge in [-0.25, -0.2) is 0 Å². The second-order valence-electron chi connectivity index (χ2n) is 13.8. The highest BCUT2D eigenvalue weighted by Crippen LogP contribution is 2.60. The number of amides is 2. The predicted octanol–water partition coefficient (Wildman–Crippen LogP) is 6.84. The Bertz CT molecular complexity index is 1120. The summed E-state index contributed by atoms with van der Waals surface area (Å²) in [5.41, 5.74) is 3.36. The van der Waals surface area contributed by atoms with Crippen LogP contribution in [0.25, 0.3) is 0 Å². The van der Waals surface area contributed by atoms with Crippen molar-refractivity contribution in [3.63, 3.8) is 0 Å². The maximum atomic E-state index is 13.1. The summed E-state index contributed by atoms with van der Waals surface area (Å²) in [6.07, 6.45) is 14.9. The molecule has 0 unspecified atom stereocenters. The first-order valence-corrected chi connectivity index (χ1v) is 15.2. The van der Waals surface area contributed by atoms with Crippen LogP contribution in [0.5, 0.6) is 0 Å². The maximum absolute atomic E-state index is 13.1. The number of aliphatic hydroxyl groups excluding tert-OH is 1. The lowest BCUT2D eigenvalue weighted by molar-refractivity contribution is 0.0472. The average molecular weight is 534 g/mol. The Morgan fingerprint density at radius 1 is 1.10 bits per heavy atom. The Morgan fingerprint density at radius 2 is 1.79 bits per heavy atom. The molecule has 2 amide bonds. The lowest BCUT2D eigenvalue weighted by Crippen LogP contribution is -2.44. The first-order valence-electron chi connectivity index (χ1n) is 15.2. The summed E-state index contributed by atoms with van der Waals surface area (Å²) in [5.74, 6) is 1.52. The zero-order valence-electron chi connectivity index (χ0n) is 24.3. The van der Waals surface area contributed by atoms with Gasteiger partial charge in [0.2, 0.25) is 0 Å². The second-order valence-corrected chi connectivity index (χ2v) is 13.8. The van der Waals surface area contributed by atoms with Gasteiger partial charge in [0.1, 0.15) is 0 Å². The zero-order chi connectivity index (χ0) is 27.9. The Balaban J connectivity index is 1.28. The van der Waals surface area contributed by atoms with E-state index < -0.39 is 11.7 Å². The number of fused-ring (bicyclic) bond motifs is 2. The molecular weight excluding hydrogens is 486 g/mol. The number of carbonyl (C=O) groups is 2. The van der Waals surface area contributed by atoms with E-state index in [1.807, 2.05) is 13.8 Å². The van der Waals surface area contributed by atoms with Crippen LogP contribution in [0.15, 0.2) is 47.6 Å². The molecule has 2 N–H and O–H groups in total. The lowest BCUT2D eigenvalue weighted by Gasteiger charge is -2.44. The van der Waals surface area contributed by atoms with Gasteiger partial charge in [-0.3, -0.25) is 14.5 Å². The number of hydrogen-bond acceptors (Lipinski definition) is 4. The molecule has 5 nitrogen and oxygen atoms in total. The van der Waals surface area contributed by atoms with Crippen LogP contribution in [-0.4, -0.2) is 44.7 Å². The second kappa shape index (κ2) is 11.0. The molecule has 0 bridgehead atoms. The van der Waals surface area contributed by atoms with E-state index in [0.29, 0.717) is 47.6 Å². The van der Waals surface area contributed by atoms with Gasteiger partial charge < -0.3 is 10.2 Å². The van der Waals surface area contributed by atoms with Crippen LogP contribution in [0.4, 0.5) is 0 Å². The number of imide groups is 1. The highest BCUT2D eigenvalue weighted by atomic mass is 16.3. The Kier molecular flexibility index (Phi) is 7.96. The van der Waals surface area contributed by atoms with Gasteiger partial charge in [-0.2, -0.15) is 0 Å². The topological polar surface area (TPSA) is 77.8 Å². The summed E-state index contributed by atoms with van der Waals surface area (Å²) < 4.78 is 0. The van der Waals surface area contributed by atoms with Gasteiger partial charge in [-0.05, 0) is 107 Å². The number of hydrogen-bond donors (Lipinski definition) is 2.